The summed E-state index contributed by atoms with van der Waals surface area (Å²) >= 11 is 7.76. The Hall–Kier alpha value is -2.44. The van der Waals surface area contributed by atoms with E-state index in [1.165, 1.54) is 5.56 Å². The number of carbonyl (C=O) groups excluding carboxylic acids is 1. The van der Waals surface area contributed by atoms with E-state index in [9.17, 15) is 4.79 Å². The summed E-state index contributed by atoms with van der Waals surface area (Å²) in [4.78, 5) is 15.0. The van der Waals surface area contributed by atoms with Crippen LogP contribution >= 0.6 is 22.9 Å². The molecule has 5 nitrogen and oxygen atoms in total. The number of piperidine rings is 1. The van der Waals surface area contributed by atoms with Crippen LogP contribution in [0.3, 0.4) is 0 Å². The number of aromatic nitrogens is 2. The van der Waals surface area contributed by atoms with Gasteiger partial charge in [-0.05, 0) is 36.6 Å². The van der Waals surface area contributed by atoms with Gasteiger partial charge in [-0.1, -0.05) is 41.9 Å². The number of rotatable bonds is 5. The van der Waals surface area contributed by atoms with Crippen LogP contribution in [0.15, 0.2) is 48.5 Å². The number of hydrogen-bond acceptors (Lipinski definition) is 5. The lowest BCUT2D eigenvalue weighted by Crippen LogP contribution is -2.39. The molecule has 2 heterocycles. The second-order valence-corrected chi connectivity index (χ2v) is 8.66. The van der Waals surface area contributed by atoms with E-state index in [-0.39, 0.29) is 11.8 Å². The zero-order chi connectivity index (χ0) is 20.2. The molecule has 4 rings (SSSR count). The molecule has 1 amide bonds. The fourth-order valence-electron chi connectivity index (χ4n) is 3.65. The van der Waals surface area contributed by atoms with Crippen LogP contribution in [0.2, 0.25) is 5.02 Å². The molecule has 150 valence electrons. The zero-order valence-electron chi connectivity index (χ0n) is 16.2. The van der Waals surface area contributed by atoms with Crippen molar-refractivity contribution in [2.75, 3.05) is 20.2 Å². The Morgan fingerprint density at radius 3 is 2.86 bits per heavy atom. The third-order valence-electron chi connectivity index (χ3n) is 5.13. The van der Waals surface area contributed by atoms with Crippen molar-refractivity contribution in [1.29, 1.82) is 0 Å². The molecule has 0 spiro atoms. The molecule has 29 heavy (non-hydrogen) atoms. The molecule has 0 bridgehead atoms. The Labute approximate surface area is 179 Å². The molecule has 2 aromatic carbocycles. The summed E-state index contributed by atoms with van der Waals surface area (Å²) in [6.07, 6.45) is 2.73. The molecule has 1 aromatic heterocycles. The summed E-state index contributed by atoms with van der Waals surface area (Å²) in [5.74, 6) is 0.700. The van der Waals surface area contributed by atoms with Gasteiger partial charge >= 0.3 is 0 Å². The van der Waals surface area contributed by atoms with E-state index in [2.05, 4.69) is 22.3 Å². The topological polar surface area (TPSA) is 55.3 Å². The monoisotopic (exact) mass is 427 g/mol. The molecule has 0 saturated carbocycles. The van der Waals surface area contributed by atoms with Gasteiger partial charge in [-0.15, -0.1) is 21.5 Å². The normalized spacial score (nSPS) is 16.6. The van der Waals surface area contributed by atoms with Crippen molar-refractivity contribution in [2.45, 2.75) is 25.2 Å². The minimum absolute atomic E-state index is 0.0527. The van der Waals surface area contributed by atoms with E-state index in [1.54, 1.807) is 36.6 Å². The van der Waals surface area contributed by atoms with Crippen LogP contribution in [0.1, 0.15) is 44.7 Å². The zero-order valence-corrected chi connectivity index (χ0v) is 17.7. The van der Waals surface area contributed by atoms with Crippen LogP contribution in [-0.2, 0) is 6.42 Å². The molecule has 1 unspecified atom stereocenters. The predicted molar refractivity (Wildman–Crippen MR) is 115 cm³/mol. The van der Waals surface area contributed by atoms with Gasteiger partial charge in [0.1, 0.15) is 15.8 Å². The molecule has 1 aliphatic heterocycles. The van der Waals surface area contributed by atoms with Crippen molar-refractivity contribution in [1.82, 2.24) is 15.1 Å². The van der Waals surface area contributed by atoms with Crippen molar-refractivity contribution in [3.8, 4) is 5.75 Å². The van der Waals surface area contributed by atoms with Gasteiger partial charge < -0.3 is 9.64 Å². The standard InChI is InChI=1S/C22H22ClN3O2S/c1-28-19-10-9-17(23)13-18(19)22(27)26-11-5-8-16(14-26)21-25-24-20(29-21)12-15-6-3-2-4-7-15/h2-4,6-7,9-10,13,16H,5,8,11-12,14H2,1H3. The minimum atomic E-state index is -0.0527. The van der Waals surface area contributed by atoms with Crippen LogP contribution in [0.4, 0.5) is 0 Å². The lowest BCUT2D eigenvalue weighted by atomic mass is 9.98. The highest BCUT2D eigenvalue weighted by atomic mass is 35.5. The van der Waals surface area contributed by atoms with Crippen molar-refractivity contribution in [2.24, 2.45) is 0 Å². The third-order valence-corrected chi connectivity index (χ3v) is 6.45. The Morgan fingerprint density at radius 1 is 1.24 bits per heavy atom. The first-order chi connectivity index (χ1) is 14.1. The molecule has 0 N–H and O–H groups in total. The van der Waals surface area contributed by atoms with E-state index in [1.807, 2.05) is 23.1 Å². The molecular formula is C22H22ClN3O2S. The highest BCUT2D eigenvalue weighted by Gasteiger charge is 2.29. The maximum atomic E-state index is 13.1. The smallest absolute Gasteiger partial charge is 0.257 e. The summed E-state index contributed by atoms with van der Waals surface area (Å²) in [5, 5.41) is 11.4. The SMILES string of the molecule is COc1ccc(Cl)cc1C(=O)N1CCCC(c2nnc(Cc3ccccc3)s2)C1. The quantitative estimate of drug-likeness (QED) is 0.586. The summed E-state index contributed by atoms with van der Waals surface area (Å²) < 4.78 is 5.36. The summed E-state index contributed by atoms with van der Waals surface area (Å²) in [7, 11) is 1.56. The largest absolute Gasteiger partial charge is 0.496 e. The third kappa shape index (κ3) is 4.60. The first-order valence-electron chi connectivity index (χ1n) is 9.63. The number of nitrogens with zero attached hydrogens (tertiary/aromatic N) is 3. The average Bonchev–Trinajstić information content (AvgIpc) is 3.22. The van der Waals surface area contributed by atoms with Gasteiger partial charge in [-0.3, -0.25) is 4.79 Å². The van der Waals surface area contributed by atoms with Crippen LogP contribution in [-0.4, -0.2) is 41.2 Å². The molecule has 3 aromatic rings. The Morgan fingerprint density at radius 2 is 2.07 bits per heavy atom. The highest BCUT2D eigenvalue weighted by Crippen LogP contribution is 2.32. The minimum Gasteiger partial charge on any atom is -0.496 e. The number of amides is 1. The van der Waals surface area contributed by atoms with Gasteiger partial charge in [0.15, 0.2) is 0 Å². The molecular weight excluding hydrogens is 406 g/mol. The molecule has 0 radical (unpaired) electrons. The Bertz CT molecular complexity index is 993. The van der Waals surface area contributed by atoms with Gasteiger partial charge in [0.2, 0.25) is 0 Å². The van der Waals surface area contributed by atoms with E-state index >= 15 is 0 Å². The summed E-state index contributed by atoms with van der Waals surface area (Å²) in [6, 6.07) is 15.4. The number of carbonyl (C=O) groups is 1. The lowest BCUT2D eigenvalue weighted by molar-refractivity contribution is 0.0703. The number of methoxy groups -OCH3 is 1. The van der Waals surface area contributed by atoms with Crippen molar-refractivity contribution < 1.29 is 9.53 Å². The molecule has 7 heteroatoms. The van der Waals surface area contributed by atoms with Gasteiger partial charge in [0, 0.05) is 30.5 Å². The van der Waals surface area contributed by atoms with Gasteiger partial charge in [-0.25, -0.2) is 0 Å². The van der Waals surface area contributed by atoms with E-state index in [0.29, 0.717) is 22.9 Å². The Kier molecular flexibility index (Phi) is 6.11. The van der Waals surface area contributed by atoms with Gasteiger partial charge in [-0.2, -0.15) is 0 Å². The number of likely N-dealkylation sites (tertiary alicyclic amines) is 1. The van der Waals surface area contributed by atoms with Crippen LogP contribution in [0, 0.1) is 0 Å². The second kappa shape index (κ2) is 8.93. The number of ether oxygens (including phenoxy) is 1. The van der Waals surface area contributed by atoms with Gasteiger partial charge in [0.25, 0.3) is 5.91 Å². The predicted octanol–water partition coefficient (Wildman–Crippen LogP) is 4.81. The van der Waals surface area contributed by atoms with Gasteiger partial charge in [0.05, 0.1) is 12.7 Å². The van der Waals surface area contributed by atoms with Crippen molar-refractivity contribution in [3.05, 3.63) is 74.7 Å². The molecule has 0 aliphatic carbocycles. The number of halogens is 1. The van der Waals surface area contributed by atoms with Crippen molar-refractivity contribution >= 4 is 28.8 Å². The molecule has 1 fully saturated rings. The fraction of sp³-hybridized carbons (Fsp3) is 0.318. The number of hydrogen-bond donors (Lipinski definition) is 0. The van der Waals surface area contributed by atoms with Crippen LogP contribution in [0.25, 0.3) is 0 Å². The van der Waals surface area contributed by atoms with Crippen LogP contribution < -0.4 is 4.74 Å². The maximum absolute atomic E-state index is 13.1. The molecule has 1 atom stereocenters. The summed E-state index contributed by atoms with van der Waals surface area (Å²) in [5.41, 5.74) is 1.73. The van der Waals surface area contributed by atoms with E-state index in [4.69, 9.17) is 16.3 Å². The van der Waals surface area contributed by atoms with E-state index in [0.717, 1.165) is 35.8 Å². The van der Waals surface area contributed by atoms with Crippen LogP contribution in [0.5, 0.6) is 5.75 Å². The fourth-order valence-corrected chi connectivity index (χ4v) is 4.83. The van der Waals surface area contributed by atoms with E-state index < -0.39 is 0 Å². The lowest BCUT2D eigenvalue weighted by Gasteiger charge is -2.32. The molecule has 1 aliphatic rings. The highest BCUT2D eigenvalue weighted by molar-refractivity contribution is 7.11. The summed E-state index contributed by atoms with van der Waals surface area (Å²) in [6.45, 7) is 1.36. The van der Waals surface area contributed by atoms with Crippen molar-refractivity contribution in [3.63, 3.8) is 0 Å². The first-order valence-corrected chi connectivity index (χ1v) is 10.8. The first kappa shape index (κ1) is 19.9. The maximum Gasteiger partial charge on any atom is 0.257 e. The molecule has 1 saturated heterocycles. The Balaban J connectivity index is 1.47. The second-order valence-electron chi connectivity index (χ2n) is 7.13. The average molecular weight is 428 g/mol. The number of benzene rings is 2.